The number of carbonyl (C=O) groups is 1. The van der Waals surface area contributed by atoms with Crippen LogP contribution in [0.15, 0.2) is 53.5 Å². The number of aryl methyl sites for hydroxylation is 2. The molecule has 2 aromatic carbocycles. The minimum atomic E-state index is -0.0855. The summed E-state index contributed by atoms with van der Waals surface area (Å²) in [7, 11) is 0. The summed E-state index contributed by atoms with van der Waals surface area (Å²) in [5.41, 5.74) is 6.79. The Kier molecular flexibility index (Phi) is 6.98. The van der Waals surface area contributed by atoms with Crippen molar-refractivity contribution < 1.29 is 4.79 Å². The summed E-state index contributed by atoms with van der Waals surface area (Å²) in [5, 5.41) is 0.812. The lowest BCUT2D eigenvalue weighted by Crippen LogP contribution is -2.10. The van der Waals surface area contributed by atoms with Crippen LogP contribution in [-0.2, 0) is 4.79 Å². The fraction of sp³-hybridized carbons (Fsp3) is 0.304. The molecular formula is C23H27NOS. The molecule has 0 spiro atoms. The molecule has 2 nitrogen and oxygen atoms in total. The van der Waals surface area contributed by atoms with Crippen molar-refractivity contribution in [1.29, 1.82) is 0 Å². The highest BCUT2D eigenvalue weighted by Gasteiger charge is 2.12. The summed E-state index contributed by atoms with van der Waals surface area (Å²) < 4.78 is 0. The van der Waals surface area contributed by atoms with E-state index in [0.717, 1.165) is 27.4 Å². The molecule has 3 heteroatoms. The van der Waals surface area contributed by atoms with E-state index in [0.29, 0.717) is 0 Å². The van der Waals surface area contributed by atoms with Crippen LogP contribution in [0.3, 0.4) is 0 Å². The number of nitrogens with zero attached hydrogens (tertiary/aromatic N) is 1. The van der Waals surface area contributed by atoms with Crippen LogP contribution in [0.4, 0.5) is 0 Å². The molecule has 1 atom stereocenters. The lowest BCUT2D eigenvalue weighted by molar-refractivity contribution is -0.116. The Hall–Kier alpha value is -2.13. The third-order valence-corrected chi connectivity index (χ3v) is 5.47. The maximum Gasteiger partial charge on any atom is 0.142 e. The number of hydrogen-bond donors (Lipinski definition) is 0. The van der Waals surface area contributed by atoms with E-state index in [1.165, 1.54) is 22.9 Å². The molecule has 0 saturated heterocycles. The monoisotopic (exact) mass is 365 g/mol. The van der Waals surface area contributed by atoms with Gasteiger partial charge < -0.3 is 0 Å². The van der Waals surface area contributed by atoms with Gasteiger partial charge in [0.25, 0.3) is 0 Å². The van der Waals surface area contributed by atoms with Crippen molar-refractivity contribution in [3.8, 4) is 0 Å². The predicted octanol–water partition coefficient (Wildman–Crippen LogP) is 6.32. The number of thioether (sulfide) groups is 1. The smallest absolute Gasteiger partial charge is 0.142 e. The first kappa shape index (κ1) is 20.2. The van der Waals surface area contributed by atoms with Gasteiger partial charge >= 0.3 is 0 Å². The standard InChI is InChI=1S/C23H27NOS/c1-15-7-11-21(12-8-15)17(3)23(22-13-9-16(2)10-14-22)24-20(6)26-19(5)18(4)25/h7-14,19H,1-6H3/b23-17+,24-20?. The zero-order chi connectivity index (χ0) is 19.3. The first-order chi connectivity index (χ1) is 12.3. The van der Waals surface area contributed by atoms with Crippen LogP contribution >= 0.6 is 11.8 Å². The normalized spacial score (nSPS) is 14.0. The Labute approximate surface area is 161 Å². The van der Waals surface area contributed by atoms with Crippen LogP contribution in [-0.4, -0.2) is 16.1 Å². The Morgan fingerprint density at radius 1 is 0.846 bits per heavy atom. The average Bonchev–Trinajstić information content (AvgIpc) is 2.60. The van der Waals surface area contributed by atoms with Crippen LogP contribution in [0, 0.1) is 13.8 Å². The number of allylic oxidation sites excluding steroid dienone is 1. The molecule has 0 N–H and O–H groups in total. The van der Waals surface area contributed by atoms with Crippen LogP contribution in [0.2, 0.25) is 0 Å². The Balaban J connectivity index is 2.51. The van der Waals surface area contributed by atoms with Crippen molar-refractivity contribution in [1.82, 2.24) is 0 Å². The summed E-state index contributed by atoms with van der Waals surface area (Å²) in [5.74, 6) is 0.167. The van der Waals surface area contributed by atoms with Crippen molar-refractivity contribution in [2.24, 2.45) is 4.99 Å². The molecule has 0 radical (unpaired) electrons. The second kappa shape index (κ2) is 9.00. The highest BCUT2D eigenvalue weighted by molar-refractivity contribution is 8.14. The summed E-state index contributed by atoms with van der Waals surface area (Å²) in [4.78, 5) is 16.5. The fourth-order valence-electron chi connectivity index (χ4n) is 2.54. The van der Waals surface area contributed by atoms with Crippen molar-refractivity contribution >= 4 is 33.9 Å². The molecule has 2 aromatic rings. The van der Waals surface area contributed by atoms with Gasteiger partial charge in [0.1, 0.15) is 5.78 Å². The Morgan fingerprint density at radius 2 is 1.31 bits per heavy atom. The third kappa shape index (κ3) is 5.43. The van der Waals surface area contributed by atoms with Crippen LogP contribution in [0.1, 0.15) is 49.9 Å². The molecule has 0 saturated carbocycles. The molecule has 0 fully saturated rings. The van der Waals surface area contributed by atoms with Crippen molar-refractivity contribution in [3.63, 3.8) is 0 Å². The van der Waals surface area contributed by atoms with Crippen LogP contribution in [0.5, 0.6) is 0 Å². The highest BCUT2D eigenvalue weighted by Crippen LogP contribution is 2.29. The zero-order valence-corrected chi connectivity index (χ0v) is 17.3. The van der Waals surface area contributed by atoms with Gasteiger partial charge in [0.2, 0.25) is 0 Å². The van der Waals surface area contributed by atoms with Gasteiger partial charge in [0.05, 0.1) is 16.0 Å². The topological polar surface area (TPSA) is 29.4 Å². The third-order valence-electron chi connectivity index (χ3n) is 4.35. The molecular weight excluding hydrogens is 338 g/mol. The Bertz CT molecular complexity index is 830. The van der Waals surface area contributed by atoms with E-state index in [1.54, 1.807) is 6.92 Å². The van der Waals surface area contributed by atoms with Crippen LogP contribution in [0.25, 0.3) is 11.3 Å². The number of rotatable bonds is 5. The van der Waals surface area contributed by atoms with E-state index in [4.69, 9.17) is 4.99 Å². The van der Waals surface area contributed by atoms with Crippen molar-refractivity contribution in [2.45, 2.75) is 46.8 Å². The minimum absolute atomic E-state index is 0.0855. The molecule has 0 bridgehead atoms. The molecule has 0 aromatic heterocycles. The second-order valence-electron chi connectivity index (χ2n) is 6.71. The highest BCUT2D eigenvalue weighted by atomic mass is 32.2. The van der Waals surface area contributed by atoms with Crippen molar-refractivity contribution in [2.75, 3.05) is 0 Å². The molecule has 136 valence electrons. The van der Waals surface area contributed by atoms with Gasteiger partial charge in [-0.3, -0.25) is 4.79 Å². The predicted molar refractivity (Wildman–Crippen MR) is 116 cm³/mol. The number of Topliss-reactive ketones (excluding diaryl/α,β-unsaturated/α-hetero) is 1. The number of aliphatic imine (C=N–C) groups is 1. The molecule has 0 aliphatic rings. The average molecular weight is 366 g/mol. The number of hydrogen-bond acceptors (Lipinski definition) is 3. The maximum absolute atomic E-state index is 11.6. The van der Waals surface area contributed by atoms with E-state index >= 15 is 0 Å². The summed E-state index contributed by atoms with van der Waals surface area (Å²) in [6.07, 6.45) is 0. The lowest BCUT2D eigenvalue weighted by Gasteiger charge is -2.13. The first-order valence-electron chi connectivity index (χ1n) is 8.85. The second-order valence-corrected chi connectivity index (χ2v) is 8.24. The van der Waals surface area contributed by atoms with Gasteiger partial charge in [-0.15, -0.1) is 11.8 Å². The SMILES string of the molecule is CC(=O)C(C)SC(C)=N/C(=C(\C)c1ccc(C)cc1)c1ccc(C)cc1. The molecule has 1 unspecified atom stereocenters. The zero-order valence-electron chi connectivity index (χ0n) is 16.5. The van der Waals surface area contributed by atoms with Gasteiger partial charge in [-0.1, -0.05) is 59.7 Å². The fourth-order valence-corrected chi connectivity index (χ4v) is 3.36. The minimum Gasteiger partial charge on any atom is -0.299 e. The van der Waals surface area contributed by atoms with E-state index in [-0.39, 0.29) is 11.0 Å². The van der Waals surface area contributed by atoms with E-state index in [1.807, 2.05) is 13.8 Å². The largest absolute Gasteiger partial charge is 0.299 e. The molecule has 2 rings (SSSR count). The van der Waals surface area contributed by atoms with Crippen molar-refractivity contribution in [3.05, 3.63) is 70.8 Å². The summed E-state index contributed by atoms with van der Waals surface area (Å²) >= 11 is 1.52. The maximum atomic E-state index is 11.6. The van der Waals surface area contributed by atoms with Gasteiger partial charge in [-0.05, 0) is 52.7 Å². The van der Waals surface area contributed by atoms with E-state index in [2.05, 4.69) is 69.3 Å². The molecule has 0 aliphatic carbocycles. The van der Waals surface area contributed by atoms with Gasteiger partial charge in [0.15, 0.2) is 0 Å². The summed E-state index contributed by atoms with van der Waals surface area (Å²) in [6, 6.07) is 16.9. The van der Waals surface area contributed by atoms with Gasteiger partial charge in [-0.2, -0.15) is 0 Å². The Morgan fingerprint density at radius 3 is 1.77 bits per heavy atom. The van der Waals surface area contributed by atoms with Gasteiger partial charge in [-0.25, -0.2) is 4.99 Å². The molecule has 0 aliphatic heterocycles. The molecule has 26 heavy (non-hydrogen) atoms. The quantitative estimate of drug-likeness (QED) is 0.352. The number of benzene rings is 2. The number of carbonyl (C=O) groups excluding carboxylic acids is 1. The molecule has 0 heterocycles. The van der Waals surface area contributed by atoms with Crippen LogP contribution < -0.4 is 0 Å². The number of ketones is 1. The first-order valence-corrected chi connectivity index (χ1v) is 9.73. The van der Waals surface area contributed by atoms with E-state index < -0.39 is 0 Å². The van der Waals surface area contributed by atoms with E-state index in [9.17, 15) is 4.79 Å². The van der Waals surface area contributed by atoms with Gasteiger partial charge in [0, 0.05) is 5.56 Å². The summed E-state index contributed by atoms with van der Waals surface area (Å²) in [6.45, 7) is 11.8. The molecule has 0 amide bonds. The lowest BCUT2D eigenvalue weighted by atomic mass is 9.99.